The SMILES string of the molecule is CCNCc1ccccc1OCC(=O)Nc1ccc(C)cc1. The van der Waals surface area contributed by atoms with Crippen LogP contribution in [0.3, 0.4) is 0 Å². The molecule has 1 amide bonds. The van der Waals surface area contributed by atoms with Crippen LogP contribution < -0.4 is 15.4 Å². The fourth-order valence-corrected chi connectivity index (χ4v) is 2.03. The van der Waals surface area contributed by atoms with Crippen LogP contribution in [0.1, 0.15) is 18.1 Å². The van der Waals surface area contributed by atoms with Crippen LogP contribution in [0.15, 0.2) is 48.5 Å². The predicted octanol–water partition coefficient (Wildman–Crippen LogP) is 3.12. The summed E-state index contributed by atoms with van der Waals surface area (Å²) in [4.78, 5) is 11.9. The summed E-state index contributed by atoms with van der Waals surface area (Å²) in [6, 6.07) is 15.4. The summed E-state index contributed by atoms with van der Waals surface area (Å²) in [6.45, 7) is 5.68. The number of aryl methyl sites for hydroxylation is 1. The van der Waals surface area contributed by atoms with Crippen LogP contribution >= 0.6 is 0 Å². The van der Waals surface area contributed by atoms with Gasteiger partial charge in [-0.3, -0.25) is 4.79 Å². The van der Waals surface area contributed by atoms with E-state index in [0.29, 0.717) is 0 Å². The van der Waals surface area contributed by atoms with E-state index in [-0.39, 0.29) is 12.5 Å². The molecular formula is C18H22N2O2. The summed E-state index contributed by atoms with van der Waals surface area (Å²) < 4.78 is 5.64. The highest BCUT2D eigenvalue weighted by molar-refractivity contribution is 5.91. The van der Waals surface area contributed by atoms with Crippen molar-refractivity contribution in [1.82, 2.24) is 5.32 Å². The highest BCUT2D eigenvalue weighted by Gasteiger charge is 2.06. The van der Waals surface area contributed by atoms with Crippen molar-refractivity contribution in [1.29, 1.82) is 0 Å². The lowest BCUT2D eigenvalue weighted by atomic mass is 10.2. The molecular weight excluding hydrogens is 276 g/mol. The minimum absolute atomic E-state index is 0.00296. The highest BCUT2D eigenvalue weighted by Crippen LogP contribution is 2.17. The van der Waals surface area contributed by atoms with Gasteiger partial charge in [-0.1, -0.05) is 42.8 Å². The third kappa shape index (κ3) is 4.90. The zero-order chi connectivity index (χ0) is 15.8. The van der Waals surface area contributed by atoms with Crippen LogP contribution in [0.25, 0.3) is 0 Å². The van der Waals surface area contributed by atoms with Gasteiger partial charge in [0.15, 0.2) is 6.61 Å². The van der Waals surface area contributed by atoms with Crippen LogP contribution in [0, 0.1) is 6.92 Å². The fraction of sp³-hybridized carbons (Fsp3) is 0.278. The maximum Gasteiger partial charge on any atom is 0.262 e. The first kappa shape index (κ1) is 16.0. The first-order valence-corrected chi connectivity index (χ1v) is 7.47. The molecule has 2 rings (SSSR count). The summed E-state index contributed by atoms with van der Waals surface area (Å²) >= 11 is 0. The number of carbonyl (C=O) groups excluding carboxylic acids is 1. The number of para-hydroxylation sites is 1. The monoisotopic (exact) mass is 298 g/mol. The van der Waals surface area contributed by atoms with Gasteiger partial charge in [-0.05, 0) is 31.7 Å². The molecule has 0 atom stereocenters. The molecule has 0 bridgehead atoms. The van der Waals surface area contributed by atoms with Crippen molar-refractivity contribution >= 4 is 11.6 Å². The average Bonchev–Trinajstić information content (AvgIpc) is 2.54. The Morgan fingerprint density at radius 1 is 1.09 bits per heavy atom. The average molecular weight is 298 g/mol. The van der Waals surface area contributed by atoms with Gasteiger partial charge >= 0.3 is 0 Å². The van der Waals surface area contributed by atoms with E-state index in [1.165, 1.54) is 0 Å². The summed E-state index contributed by atoms with van der Waals surface area (Å²) in [5.41, 5.74) is 2.99. The minimum Gasteiger partial charge on any atom is -0.483 e. The Morgan fingerprint density at radius 3 is 2.55 bits per heavy atom. The molecule has 116 valence electrons. The van der Waals surface area contributed by atoms with E-state index < -0.39 is 0 Å². The van der Waals surface area contributed by atoms with E-state index in [0.717, 1.165) is 35.7 Å². The fourth-order valence-electron chi connectivity index (χ4n) is 2.03. The zero-order valence-corrected chi connectivity index (χ0v) is 13.1. The van der Waals surface area contributed by atoms with Gasteiger partial charge in [-0.2, -0.15) is 0 Å². The van der Waals surface area contributed by atoms with Gasteiger partial charge in [0, 0.05) is 17.8 Å². The largest absolute Gasteiger partial charge is 0.483 e. The van der Waals surface area contributed by atoms with Crippen molar-refractivity contribution in [3.8, 4) is 5.75 Å². The number of rotatable bonds is 7. The molecule has 4 nitrogen and oxygen atoms in total. The summed E-state index contributed by atoms with van der Waals surface area (Å²) in [5.74, 6) is 0.574. The molecule has 0 heterocycles. The zero-order valence-electron chi connectivity index (χ0n) is 13.1. The molecule has 2 aromatic carbocycles. The quantitative estimate of drug-likeness (QED) is 0.825. The van der Waals surface area contributed by atoms with Gasteiger partial charge in [0.25, 0.3) is 5.91 Å². The minimum atomic E-state index is -0.165. The Balaban J connectivity index is 1.89. The van der Waals surface area contributed by atoms with Gasteiger partial charge in [-0.15, -0.1) is 0 Å². The lowest BCUT2D eigenvalue weighted by Crippen LogP contribution is -2.21. The van der Waals surface area contributed by atoms with Gasteiger partial charge < -0.3 is 15.4 Å². The predicted molar refractivity (Wildman–Crippen MR) is 89.1 cm³/mol. The van der Waals surface area contributed by atoms with Crippen molar-refractivity contribution in [2.75, 3.05) is 18.5 Å². The molecule has 2 N–H and O–H groups in total. The van der Waals surface area contributed by atoms with Crippen molar-refractivity contribution < 1.29 is 9.53 Å². The lowest BCUT2D eigenvalue weighted by molar-refractivity contribution is -0.118. The van der Waals surface area contributed by atoms with Crippen molar-refractivity contribution in [3.05, 3.63) is 59.7 Å². The molecule has 4 heteroatoms. The van der Waals surface area contributed by atoms with Crippen LogP contribution in [-0.4, -0.2) is 19.1 Å². The van der Waals surface area contributed by atoms with E-state index >= 15 is 0 Å². The van der Waals surface area contributed by atoms with Gasteiger partial charge in [-0.25, -0.2) is 0 Å². The number of benzene rings is 2. The first-order valence-electron chi connectivity index (χ1n) is 7.47. The lowest BCUT2D eigenvalue weighted by Gasteiger charge is -2.12. The Kier molecular flexibility index (Phi) is 5.98. The standard InChI is InChI=1S/C18H22N2O2/c1-3-19-12-15-6-4-5-7-17(15)22-13-18(21)20-16-10-8-14(2)9-11-16/h4-11,19H,3,12-13H2,1-2H3,(H,20,21). The normalized spacial score (nSPS) is 10.3. The molecule has 0 aromatic heterocycles. The Bertz CT molecular complexity index is 609. The second kappa shape index (κ2) is 8.20. The van der Waals surface area contributed by atoms with Crippen LogP contribution in [-0.2, 0) is 11.3 Å². The van der Waals surface area contributed by atoms with Gasteiger partial charge in [0.1, 0.15) is 5.75 Å². The van der Waals surface area contributed by atoms with E-state index in [1.807, 2.05) is 55.5 Å². The van der Waals surface area contributed by atoms with Crippen LogP contribution in [0.5, 0.6) is 5.75 Å². The van der Waals surface area contributed by atoms with E-state index in [2.05, 4.69) is 17.6 Å². The number of anilines is 1. The van der Waals surface area contributed by atoms with E-state index in [9.17, 15) is 4.79 Å². The Labute approximate surface area is 131 Å². The maximum atomic E-state index is 11.9. The smallest absolute Gasteiger partial charge is 0.262 e. The maximum absolute atomic E-state index is 11.9. The summed E-state index contributed by atoms with van der Waals surface area (Å²) in [6.07, 6.45) is 0. The van der Waals surface area contributed by atoms with Crippen LogP contribution in [0.4, 0.5) is 5.69 Å². The summed E-state index contributed by atoms with van der Waals surface area (Å²) in [5, 5.41) is 6.08. The molecule has 0 aliphatic rings. The Morgan fingerprint density at radius 2 is 1.82 bits per heavy atom. The van der Waals surface area contributed by atoms with Crippen molar-refractivity contribution in [3.63, 3.8) is 0 Å². The molecule has 0 saturated heterocycles. The van der Waals surface area contributed by atoms with Crippen LogP contribution in [0.2, 0.25) is 0 Å². The highest BCUT2D eigenvalue weighted by atomic mass is 16.5. The first-order chi connectivity index (χ1) is 10.7. The molecule has 0 aliphatic carbocycles. The molecule has 0 saturated carbocycles. The third-order valence-corrected chi connectivity index (χ3v) is 3.23. The number of ether oxygens (including phenoxy) is 1. The Hall–Kier alpha value is -2.33. The molecule has 22 heavy (non-hydrogen) atoms. The van der Waals surface area contributed by atoms with Gasteiger partial charge in [0.2, 0.25) is 0 Å². The molecule has 0 spiro atoms. The number of amides is 1. The van der Waals surface area contributed by atoms with Crippen molar-refractivity contribution in [2.45, 2.75) is 20.4 Å². The molecule has 0 fully saturated rings. The number of hydrogen-bond acceptors (Lipinski definition) is 3. The van der Waals surface area contributed by atoms with E-state index in [4.69, 9.17) is 4.74 Å². The topological polar surface area (TPSA) is 50.4 Å². The molecule has 0 radical (unpaired) electrons. The molecule has 2 aromatic rings. The van der Waals surface area contributed by atoms with Crippen molar-refractivity contribution in [2.24, 2.45) is 0 Å². The number of nitrogens with one attached hydrogen (secondary N) is 2. The number of carbonyl (C=O) groups is 1. The molecule has 0 aliphatic heterocycles. The second-order valence-corrected chi connectivity index (χ2v) is 5.09. The number of hydrogen-bond donors (Lipinski definition) is 2. The third-order valence-electron chi connectivity index (χ3n) is 3.23. The van der Waals surface area contributed by atoms with E-state index in [1.54, 1.807) is 0 Å². The summed E-state index contributed by atoms with van der Waals surface area (Å²) in [7, 11) is 0. The molecule has 0 unspecified atom stereocenters. The second-order valence-electron chi connectivity index (χ2n) is 5.09. The van der Waals surface area contributed by atoms with Gasteiger partial charge in [0.05, 0.1) is 0 Å².